The molecule has 3 unspecified atom stereocenters. The number of hydrazine groups is 1. The maximum Gasteiger partial charge on any atom is 0.0769 e. The van der Waals surface area contributed by atoms with Crippen LogP contribution in [-0.2, 0) is 9.47 Å². The average molecular weight is 200 g/mol. The van der Waals surface area contributed by atoms with Gasteiger partial charge in [-0.15, -0.1) is 0 Å². The standard InChI is InChI=1S/C10H20N2O2/c1-13-10(7-2-3-7)9(12-11)8-4-5-14-6-8/h7-10,12H,2-6,11H2,1H3. The molecule has 1 saturated heterocycles. The van der Waals surface area contributed by atoms with Crippen LogP contribution >= 0.6 is 0 Å². The molecule has 1 aliphatic heterocycles. The summed E-state index contributed by atoms with van der Waals surface area (Å²) in [6, 6.07) is 0.259. The van der Waals surface area contributed by atoms with E-state index in [0.717, 1.165) is 19.6 Å². The van der Waals surface area contributed by atoms with E-state index in [-0.39, 0.29) is 12.1 Å². The third-order valence-electron chi connectivity index (χ3n) is 3.38. The molecule has 2 fully saturated rings. The minimum absolute atomic E-state index is 0.259. The molecule has 14 heavy (non-hydrogen) atoms. The summed E-state index contributed by atoms with van der Waals surface area (Å²) in [7, 11) is 1.78. The number of ether oxygens (including phenoxy) is 2. The fraction of sp³-hybridized carbons (Fsp3) is 1.00. The smallest absolute Gasteiger partial charge is 0.0769 e. The second-order valence-corrected chi connectivity index (χ2v) is 4.35. The lowest BCUT2D eigenvalue weighted by atomic mass is 9.92. The van der Waals surface area contributed by atoms with E-state index in [1.54, 1.807) is 7.11 Å². The van der Waals surface area contributed by atoms with Gasteiger partial charge in [-0.2, -0.15) is 0 Å². The molecule has 0 radical (unpaired) electrons. The zero-order chi connectivity index (χ0) is 9.97. The van der Waals surface area contributed by atoms with Gasteiger partial charge in [-0.3, -0.25) is 11.3 Å². The normalized spacial score (nSPS) is 31.7. The van der Waals surface area contributed by atoms with Gasteiger partial charge < -0.3 is 9.47 Å². The predicted octanol–water partition coefficient (Wildman–Crippen LogP) is 0.280. The molecular weight excluding hydrogens is 180 g/mol. The second-order valence-electron chi connectivity index (χ2n) is 4.35. The van der Waals surface area contributed by atoms with Gasteiger partial charge in [-0.1, -0.05) is 0 Å². The van der Waals surface area contributed by atoms with Crippen LogP contribution in [0.1, 0.15) is 19.3 Å². The Kier molecular flexibility index (Phi) is 3.38. The van der Waals surface area contributed by atoms with Gasteiger partial charge in [0.15, 0.2) is 0 Å². The largest absolute Gasteiger partial charge is 0.381 e. The second kappa shape index (κ2) is 4.57. The van der Waals surface area contributed by atoms with Gasteiger partial charge in [-0.25, -0.2) is 0 Å². The van der Waals surface area contributed by atoms with Gasteiger partial charge in [-0.05, 0) is 25.2 Å². The van der Waals surface area contributed by atoms with Crippen molar-refractivity contribution in [3.63, 3.8) is 0 Å². The SMILES string of the molecule is COC(C1CC1)C(NN)C1CCOC1. The lowest BCUT2D eigenvalue weighted by molar-refractivity contribution is 0.0285. The van der Waals surface area contributed by atoms with Crippen molar-refractivity contribution < 1.29 is 9.47 Å². The summed E-state index contributed by atoms with van der Waals surface area (Å²) in [6.45, 7) is 1.69. The van der Waals surface area contributed by atoms with Crippen molar-refractivity contribution in [1.29, 1.82) is 0 Å². The van der Waals surface area contributed by atoms with Crippen LogP contribution in [0.3, 0.4) is 0 Å². The average Bonchev–Trinajstić information content (AvgIpc) is 2.90. The Morgan fingerprint density at radius 3 is 2.57 bits per heavy atom. The van der Waals surface area contributed by atoms with Crippen LogP contribution in [-0.4, -0.2) is 32.5 Å². The van der Waals surface area contributed by atoms with E-state index in [9.17, 15) is 0 Å². The van der Waals surface area contributed by atoms with Crippen molar-refractivity contribution in [2.75, 3.05) is 20.3 Å². The molecule has 0 amide bonds. The highest BCUT2D eigenvalue weighted by molar-refractivity contribution is 4.93. The summed E-state index contributed by atoms with van der Waals surface area (Å²) in [5.41, 5.74) is 2.91. The summed E-state index contributed by atoms with van der Waals surface area (Å²) in [5.74, 6) is 6.84. The first-order valence-electron chi connectivity index (χ1n) is 5.43. The Morgan fingerprint density at radius 1 is 1.36 bits per heavy atom. The van der Waals surface area contributed by atoms with Crippen LogP contribution in [0.4, 0.5) is 0 Å². The number of nitrogens with one attached hydrogen (secondary N) is 1. The van der Waals surface area contributed by atoms with Gasteiger partial charge in [0.05, 0.1) is 18.8 Å². The van der Waals surface area contributed by atoms with Gasteiger partial charge >= 0.3 is 0 Å². The van der Waals surface area contributed by atoms with Crippen LogP contribution < -0.4 is 11.3 Å². The van der Waals surface area contributed by atoms with Crippen molar-refractivity contribution in [2.45, 2.75) is 31.4 Å². The molecule has 2 rings (SSSR count). The van der Waals surface area contributed by atoms with Crippen LogP contribution in [0, 0.1) is 11.8 Å². The monoisotopic (exact) mass is 200 g/mol. The molecule has 0 bridgehead atoms. The maximum absolute atomic E-state index is 5.61. The Balaban J connectivity index is 1.94. The lowest BCUT2D eigenvalue weighted by Gasteiger charge is -2.29. The highest BCUT2D eigenvalue weighted by atomic mass is 16.5. The molecule has 82 valence electrons. The first kappa shape index (κ1) is 10.4. The quantitative estimate of drug-likeness (QED) is 0.494. The molecule has 1 aliphatic carbocycles. The van der Waals surface area contributed by atoms with E-state index in [1.165, 1.54) is 12.8 Å². The van der Waals surface area contributed by atoms with E-state index >= 15 is 0 Å². The lowest BCUT2D eigenvalue weighted by Crippen LogP contribution is -2.50. The molecule has 4 heteroatoms. The van der Waals surface area contributed by atoms with Gasteiger partial charge in [0, 0.05) is 19.6 Å². The molecule has 4 nitrogen and oxygen atoms in total. The van der Waals surface area contributed by atoms with Crippen molar-refractivity contribution in [1.82, 2.24) is 5.43 Å². The predicted molar refractivity (Wildman–Crippen MR) is 53.6 cm³/mol. The molecule has 3 N–H and O–H groups in total. The zero-order valence-corrected chi connectivity index (χ0v) is 8.74. The van der Waals surface area contributed by atoms with E-state index in [2.05, 4.69) is 5.43 Å². The van der Waals surface area contributed by atoms with Crippen molar-refractivity contribution in [3.05, 3.63) is 0 Å². The third-order valence-corrected chi connectivity index (χ3v) is 3.38. The minimum Gasteiger partial charge on any atom is -0.381 e. The van der Waals surface area contributed by atoms with Crippen molar-refractivity contribution in [2.24, 2.45) is 17.7 Å². The first-order valence-corrected chi connectivity index (χ1v) is 5.43. The molecule has 2 aliphatic rings. The Hall–Kier alpha value is -0.160. The molecule has 0 spiro atoms. The molecular formula is C10H20N2O2. The summed E-state index contributed by atoms with van der Waals surface area (Å²) in [5, 5.41) is 0. The van der Waals surface area contributed by atoms with Crippen LogP contribution in [0.2, 0.25) is 0 Å². The van der Waals surface area contributed by atoms with Crippen LogP contribution in [0.15, 0.2) is 0 Å². The van der Waals surface area contributed by atoms with E-state index in [4.69, 9.17) is 15.3 Å². The van der Waals surface area contributed by atoms with Crippen LogP contribution in [0.25, 0.3) is 0 Å². The Morgan fingerprint density at radius 2 is 2.14 bits per heavy atom. The minimum atomic E-state index is 0.259. The van der Waals surface area contributed by atoms with Gasteiger partial charge in [0.1, 0.15) is 0 Å². The first-order chi connectivity index (χ1) is 6.86. The molecule has 0 aromatic rings. The van der Waals surface area contributed by atoms with Gasteiger partial charge in [0.2, 0.25) is 0 Å². The summed E-state index contributed by atoms with van der Waals surface area (Å²) in [4.78, 5) is 0. The summed E-state index contributed by atoms with van der Waals surface area (Å²) >= 11 is 0. The zero-order valence-electron chi connectivity index (χ0n) is 8.74. The van der Waals surface area contributed by atoms with E-state index in [0.29, 0.717) is 11.8 Å². The van der Waals surface area contributed by atoms with Gasteiger partial charge in [0.25, 0.3) is 0 Å². The van der Waals surface area contributed by atoms with E-state index in [1.807, 2.05) is 0 Å². The highest BCUT2D eigenvalue weighted by Gasteiger charge is 2.40. The van der Waals surface area contributed by atoms with Crippen LogP contribution in [0.5, 0.6) is 0 Å². The number of rotatable bonds is 5. The Bertz CT molecular complexity index is 179. The fourth-order valence-electron chi connectivity index (χ4n) is 2.39. The fourth-order valence-corrected chi connectivity index (χ4v) is 2.39. The summed E-state index contributed by atoms with van der Waals surface area (Å²) < 4.78 is 10.9. The molecule has 0 aromatic carbocycles. The molecule has 0 aromatic heterocycles. The third kappa shape index (κ3) is 2.08. The molecule has 1 saturated carbocycles. The maximum atomic E-state index is 5.61. The van der Waals surface area contributed by atoms with Crippen molar-refractivity contribution >= 4 is 0 Å². The number of hydrogen-bond acceptors (Lipinski definition) is 4. The molecule has 3 atom stereocenters. The number of nitrogens with two attached hydrogens (primary N) is 1. The number of methoxy groups -OCH3 is 1. The molecule has 1 heterocycles. The van der Waals surface area contributed by atoms with Crippen molar-refractivity contribution in [3.8, 4) is 0 Å². The van der Waals surface area contributed by atoms with E-state index < -0.39 is 0 Å². The summed E-state index contributed by atoms with van der Waals surface area (Å²) in [6.07, 6.45) is 3.93. The Labute approximate surface area is 85.1 Å². The highest BCUT2D eigenvalue weighted by Crippen LogP contribution is 2.37. The topological polar surface area (TPSA) is 56.5 Å². The number of hydrogen-bond donors (Lipinski definition) is 2.